The number of aryl methyl sites for hydroxylation is 1. The summed E-state index contributed by atoms with van der Waals surface area (Å²) in [6.07, 6.45) is 2.49. The van der Waals surface area contributed by atoms with E-state index in [-0.39, 0.29) is 5.91 Å². The van der Waals surface area contributed by atoms with E-state index in [0.717, 1.165) is 22.4 Å². The van der Waals surface area contributed by atoms with E-state index < -0.39 is 5.97 Å². The first-order valence-electron chi connectivity index (χ1n) is 8.58. The lowest BCUT2D eigenvalue weighted by atomic mass is 10.2. The molecular formula is C19H17N5O3S. The average Bonchev–Trinajstić information content (AvgIpc) is 3.44. The Morgan fingerprint density at radius 1 is 1.25 bits per heavy atom. The number of ether oxygens (including phenoxy) is 1. The Hall–Kier alpha value is -3.46. The summed E-state index contributed by atoms with van der Waals surface area (Å²) in [6, 6.07) is 9.41. The molecule has 0 aliphatic heterocycles. The van der Waals surface area contributed by atoms with Crippen LogP contribution in [0, 0.1) is 0 Å². The number of carbonyl (C=O) groups is 2. The van der Waals surface area contributed by atoms with Gasteiger partial charge in [0, 0.05) is 30.0 Å². The molecule has 0 aliphatic carbocycles. The third kappa shape index (κ3) is 3.79. The number of fused-ring (bicyclic) bond motifs is 1. The van der Waals surface area contributed by atoms with Crippen molar-refractivity contribution in [2.75, 3.05) is 12.4 Å². The van der Waals surface area contributed by atoms with Gasteiger partial charge in [-0.3, -0.25) is 4.79 Å². The van der Waals surface area contributed by atoms with Gasteiger partial charge in [-0.1, -0.05) is 12.1 Å². The molecule has 4 rings (SSSR count). The quantitative estimate of drug-likeness (QED) is 0.433. The van der Waals surface area contributed by atoms with E-state index in [1.54, 1.807) is 12.3 Å². The fraction of sp³-hybridized carbons (Fsp3) is 0.158. The molecule has 0 radical (unpaired) electrons. The number of hydrogen-bond donors (Lipinski definition) is 3. The smallest absolute Gasteiger partial charge is 0.354 e. The predicted molar refractivity (Wildman–Crippen MR) is 106 cm³/mol. The summed E-state index contributed by atoms with van der Waals surface area (Å²) in [4.78, 5) is 38.7. The Kier molecular flexibility index (Phi) is 4.90. The topological polar surface area (TPSA) is 113 Å². The van der Waals surface area contributed by atoms with Gasteiger partial charge < -0.3 is 20.0 Å². The summed E-state index contributed by atoms with van der Waals surface area (Å²) in [7, 11) is 1.32. The number of aromatic nitrogens is 4. The van der Waals surface area contributed by atoms with Gasteiger partial charge >= 0.3 is 5.97 Å². The Bertz CT molecular complexity index is 1110. The molecule has 142 valence electrons. The number of thiazole rings is 1. The molecule has 0 bridgehead atoms. The van der Waals surface area contributed by atoms with E-state index in [4.69, 9.17) is 0 Å². The van der Waals surface area contributed by atoms with E-state index in [2.05, 4.69) is 30.0 Å². The Labute approximate surface area is 164 Å². The number of anilines is 1. The number of nitrogens with one attached hydrogen (secondary N) is 3. The molecule has 0 saturated heterocycles. The van der Waals surface area contributed by atoms with Gasteiger partial charge in [0.05, 0.1) is 23.8 Å². The first-order chi connectivity index (χ1) is 13.6. The number of nitrogens with zero attached hydrogens (tertiary/aromatic N) is 2. The summed E-state index contributed by atoms with van der Waals surface area (Å²) in [5, 5.41) is 5.13. The van der Waals surface area contributed by atoms with E-state index in [1.807, 2.05) is 29.6 Å². The minimum atomic E-state index is -0.444. The molecule has 1 aromatic carbocycles. The van der Waals surface area contributed by atoms with Crippen LogP contribution in [0.3, 0.4) is 0 Å². The summed E-state index contributed by atoms with van der Waals surface area (Å²) in [5.41, 5.74) is 3.62. The zero-order valence-electron chi connectivity index (χ0n) is 15.0. The van der Waals surface area contributed by atoms with E-state index in [9.17, 15) is 9.59 Å². The van der Waals surface area contributed by atoms with Gasteiger partial charge in [-0.05, 0) is 18.2 Å². The molecule has 0 fully saturated rings. The highest BCUT2D eigenvalue weighted by atomic mass is 32.1. The van der Waals surface area contributed by atoms with Gasteiger partial charge in [-0.2, -0.15) is 0 Å². The first-order valence-corrected chi connectivity index (χ1v) is 9.46. The van der Waals surface area contributed by atoms with Gasteiger partial charge in [-0.25, -0.2) is 14.8 Å². The molecule has 9 heteroatoms. The number of methoxy groups -OCH3 is 1. The van der Waals surface area contributed by atoms with Crippen LogP contribution in [0.5, 0.6) is 0 Å². The number of benzene rings is 1. The maximum absolute atomic E-state index is 12.2. The molecule has 28 heavy (non-hydrogen) atoms. The minimum absolute atomic E-state index is 0.134. The molecule has 1 amide bonds. The number of imidazole rings is 1. The van der Waals surface area contributed by atoms with Crippen molar-refractivity contribution in [1.29, 1.82) is 0 Å². The normalized spacial score (nSPS) is 10.9. The molecule has 3 N–H and O–H groups in total. The van der Waals surface area contributed by atoms with Crippen LogP contribution in [0.1, 0.15) is 22.7 Å². The van der Waals surface area contributed by atoms with Crippen LogP contribution in [0.25, 0.3) is 22.3 Å². The number of amides is 1. The maximum Gasteiger partial charge on any atom is 0.354 e. The predicted octanol–water partition coefficient (Wildman–Crippen LogP) is 3.37. The van der Waals surface area contributed by atoms with Crippen molar-refractivity contribution in [3.05, 3.63) is 53.4 Å². The van der Waals surface area contributed by atoms with Crippen molar-refractivity contribution in [2.24, 2.45) is 0 Å². The lowest BCUT2D eigenvalue weighted by Crippen LogP contribution is -2.12. The van der Waals surface area contributed by atoms with Gasteiger partial charge in [-0.15, -0.1) is 11.3 Å². The summed E-state index contributed by atoms with van der Waals surface area (Å²) in [6.45, 7) is 0. The first kappa shape index (κ1) is 17.9. The van der Waals surface area contributed by atoms with E-state index in [0.29, 0.717) is 29.4 Å². The standard InChI is InChI=1S/C19H17N5O3S/c1-27-18(26)14-8-11(9-20-14)15-10-28-19(23-15)24-17(25)7-6-16-21-12-4-2-3-5-13(12)22-16/h2-5,8-10,20H,6-7H2,1H3,(H,21,22)(H,23,24,25). The Morgan fingerprint density at radius 2 is 2.11 bits per heavy atom. The number of para-hydroxylation sites is 2. The van der Waals surface area contributed by atoms with Gasteiger partial charge in [0.15, 0.2) is 5.13 Å². The van der Waals surface area contributed by atoms with Crippen LogP contribution >= 0.6 is 11.3 Å². The van der Waals surface area contributed by atoms with Gasteiger partial charge in [0.25, 0.3) is 0 Å². The molecule has 0 unspecified atom stereocenters. The van der Waals surface area contributed by atoms with Crippen LogP contribution in [-0.4, -0.2) is 38.9 Å². The molecule has 0 aliphatic rings. The minimum Gasteiger partial charge on any atom is -0.464 e. The Morgan fingerprint density at radius 3 is 2.93 bits per heavy atom. The molecule has 3 aromatic heterocycles. The zero-order valence-corrected chi connectivity index (χ0v) is 15.8. The number of esters is 1. The lowest BCUT2D eigenvalue weighted by Gasteiger charge is -2.00. The number of hydrogen-bond acceptors (Lipinski definition) is 6. The fourth-order valence-corrected chi connectivity index (χ4v) is 3.51. The second kappa shape index (κ2) is 7.65. The SMILES string of the molecule is COC(=O)c1cc(-c2csc(NC(=O)CCc3nc4ccccc4[nH]3)n2)c[nH]1. The summed E-state index contributed by atoms with van der Waals surface area (Å²) < 4.78 is 4.67. The van der Waals surface area contributed by atoms with Crippen molar-refractivity contribution in [3.8, 4) is 11.3 Å². The highest BCUT2D eigenvalue weighted by Crippen LogP contribution is 2.25. The monoisotopic (exact) mass is 395 g/mol. The Balaban J connectivity index is 1.36. The third-order valence-corrected chi connectivity index (χ3v) is 4.92. The molecule has 3 heterocycles. The number of rotatable bonds is 6. The summed E-state index contributed by atoms with van der Waals surface area (Å²) >= 11 is 1.33. The van der Waals surface area contributed by atoms with Crippen molar-refractivity contribution < 1.29 is 14.3 Å². The van der Waals surface area contributed by atoms with E-state index in [1.165, 1.54) is 18.4 Å². The molecule has 0 atom stereocenters. The van der Waals surface area contributed by atoms with Crippen molar-refractivity contribution in [2.45, 2.75) is 12.8 Å². The number of carbonyl (C=O) groups excluding carboxylic acids is 2. The van der Waals surface area contributed by atoms with Crippen LogP contribution in [-0.2, 0) is 16.0 Å². The van der Waals surface area contributed by atoms with Crippen molar-refractivity contribution in [1.82, 2.24) is 19.9 Å². The molecular weight excluding hydrogens is 378 g/mol. The van der Waals surface area contributed by atoms with Crippen molar-refractivity contribution in [3.63, 3.8) is 0 Å². The average molecular weight is 395 g/mol. The zero-order chi connectivity index (χ0) is 19.5. The molecule has 8 nitrogen and oxygen atoms in total. The second-order valence-corrected chi connectivity index (χ2v) is 6.94. The lowest BCUT2D eigenvalue weighted by molar-refractivity contribution is -0.116. The van der Waals surface area contributed by atoms with Gasteiger partial charge in [0.2, 0.25) is 5.91 Å². The fourth-order valence-electron chi connectivity index (χ4n) is 2.77. The van der Waals surface area contributed by atoms with Crippen molar-refractivity contribution >= 4 is 39.4 Å². The van der Waals surface area contributed by atoms with Crippen LogP contribution < -0.4 is 5.32 Å². The molecule has 0 spiro atoms. The second-order valence-electron chi connectivity index (χ2n) is 6.08. The highest BCUT2D eigenvalue weighted by molar-refractivity contribution is 7.14. The molecule has 4 aromatic rings. The van der Waals surface area contributed by atoms with Crippen LogP contribution in [0.2, 0.25) is 0 Å². The number of H-pyrrole nitrogens is 2. The summed E-state index contributed by atoms with van der Waals surface area (Å²) in [5.74, 6) is 0.199. The maximum atomic E-state index is 12.2. The van der Waals surface area contributed by atoms with Crippen LogP contribution in [0.15, 0.2) is 41.9 Å². The van der Waals surface area contributed by atoms with E-state index >= 15 is 0 Å². The molecule has 0 saturated carbocycles. The third-order valence-electron chi connectivity index (χ3n) is 4.16. The van der Waals surface area contributed by atoms with Gasteiger partial charge in [0.1, 0.15) is 11.5 Å². The highest BCUT2D eigenvalue weighted by Gasteiger charge is 2.13. The van der Waals surface area contributed by atoms with Crippen LogP contribution in [0.4, 0.5) is 5.13 Å². The number of aromatic amines is 2. The largest absolute Gasteiger partial charge is 0.464 e.